The zero-order chi connectivity index (χ0) is 10.9. The van der Waals surface area contributed by atoms with Crippen molar-refractivity contribution in [2.75, 3.05) is 0 Å². The molecule has 1 aromatic rings. The topological polar surface area (TPSA) is 37.3 Å². The van der Waals surface area contributed by atoms with E-state index in [1.807, 2.05) is 0 Å². The molecule has 0 fully saturated rings. The van der Waals surface area contributed by atoms with Gasteiger partial charge in [0.2, 0.25) is 0 Å². The zero-order valence-corrected chi connectivity index (χ0v) is 10.6. The normalized spacial score (nSPS) is 9.93. The lowest BCUT2D eigenvalue weighted by molar-refractivity contribution is 0.0696. The first-order valence-electron chi connectivity index (χ1n) is 3.81. The summed E-state index contributed by atoms with van der Waals surface area (Å²) < 4.78 is 1.46. The summed E-state index contributed by atoms with van der Waals surface area (Å²) in [6.07, 6.45) is 0. The number of carboxylic acids is 1. The predicted molar refractivity (Wildman–Crippen MR) is 63.5 cm³/mol. The van der Waals surface area contributed by atoms with E-state index in [0.717, 1.165) is 14.5 Å². The van der Waals surface area contributed by atoms with E-state index in [1.165, 1.54) is 0 Å². The maximum Gasteiger partial charge on any atom is 0.336 e. The summed E-state index contributed by atoms with van der Waals surface area (Å²) in [7, 11) is 0. The monoisotopic (exact) mass is 318 g/mol. The maximum atomic E-state index is 10.9. The molecule has 1 aromatic carbocycles. The maximum absolute atomic E-state index is 10.9. The summed E-state index contributed by atoms with van der Waals surface area (Å²) in [6, 6.07) is 3.37. The van der Waals surface area contributed by atoms with Gasteiger partial charge in [0.15, 0.2) is 0 Å². The van der Waals surface area contributed by atoms with Crippen LogP contribution in [0.2, 0.25) is 0 Å². The Morgan fingerprint density at radius 3 is 2.43 bits per heavy atom. The van der Waals surface area contributed by atoms with Crippen LogP contribution in [0.3, 0.4) is 0 Å². The minimum absolute atomic E-state index is 0.249. The van der Waals surface area contributed by atoms with Crippen molar-refractivity contribution in [2.24, 2.45) is 0 Å². The van der Waals surface area contributed by atoms with E-state index >= 15 is 0 Å². The van der Waals surface area contributed by atoms with E-state index in [0.29, 0.717) is 5.56 Å². The van der Waals surface area contributed by atoms with Gasteiger partial charge in [-0.2, -0.15) is 0 Å². The van der Waals surface area contributed by atoms with E-state index in [9.17, 15) is 4.79 Å². The van der Waals surface area contributed by atoms with Crippen molar-refractivity contribution in [1.29, 1.82) is 0 Å². The van der Waals surface area contributed by atoms with Gasteiger partial charge in [-0.15, -0.1) is 0 Å². The van der Waals surface area contributed by atoms with Crippen LogP contribution in [0, 0.1) is 0 Å². The third-order valence-electron chi connectivity index (χ3n) is 1.71. The minimum Gasteiger partial charge on any atom is -0.478 e. The van der Waals surface area contributed by atoms with Crippen molar-refractivity contribution in [3.63, 3.8) is 0 Å². The van der Waals surface area contributed by atoms with E-state index in [1.54, 1.807) is 19.1 Å². The Bertz CT molecular complexity index is 411. The standard InChI is InChI=1S/C10H8Br2O2/c1-5(2)9-7(10(13)14)3-6(11)4-8(9)12/h3-4H,1H2,2H3,(H,13,14). The van der Waals surface area contributed by atoms with Crippen LogP contribution in [0.15, 0.2) is 27.7 Å². The molecule has 0 amide bonds. The van der Waals surface area contributed by atoms with Gasteiger partial charge in [0, 0.05) is 14.5 Å². The summed E-state index contributed by atoms with van der Waals surface area (Å²) in [5, 5.41) is 8.98. The highest BCUT2D eigenvalue weighted by molar-refractivity contribution is 9.11. The van der Waals surface area contributed by atoms with Gasteiger partial charge < -0.3 is 5.11 Å². The van der Waals surface area contributed by atoms with E-state index in [-0.39, 0.29) is 5.56 Å². The number of carbonyl (C=O) groups is 1. The molecule has 0 atom stereocenters. The van der Waals surface area contributed by atoms with Crippen LogP contribution >= 0.6 is 31.9 Å². The quantitative estimate of drug-likeness (QED) is 0.896. The largest absolute Gasteiger partial charge is 0.478 e. The van der Waals surface area contributed by atoms with Crippen molar-refractivity contribution >= 4 is 43.4 Å². The SMILES string of the molecule is C=C(C)c1c(Br)cc(Br)cc1C(=O)O. The molecule has 0 spiro atoms. The Morgan fingerprint density at radius 2 is 2.00 bits per heavy atom. The number of carboxylic acid groups (broad SMARTS) is 1. The number of hydrogen-bond acceptors (Lipinski definition) is 1. The first kappa shape index (κ1) is 11.5. The van der Waals surface area contributed by atoms with Gasteiger partial charge in [0.05, 0.1) is 5.56 Å². The minimum atomic E-state index is -0.954. The van der Waals surface area contributed by atoms with E-state index in [4.69, 9.17) is 5.11 Å². The fraction of sp³-hybridized carbons (Fsp3) is 0.100. The molecule has 2 nitrogen and oxygen atoms in total. The number of allylic oxidation sites excluding steroid dienone is 1. The van der Waals surface area contributed by atoms with Crippen molar-refractivity contribution in [3.05, 3.63) is 38.8 Å². The molecule has 4 heteroatoms. The average molecular weight is 320 g/mol. The molecule has 1 N–H and O–H groups in total. The molecule has 0 saturated carbocycles. The molecule has 0 bridgehead atoms. The van der Waals surface area contributed by atoms with Gasteiger partial charge in [-0.3, -0.25) is 0 Å². The molecular formula is C10H8Br2O2. The van der Waals surface area contributed by atoms with Gasteiger partial charge in [-0.05, 0) is 24.6 Å². The second-order valence-corrected chi connectivity index (χ2v) is 4.67. The van der Waals surface area contributed by atoms with Crippen molar-refractivity contribution in [1.82, 2.24) is 0 Å². The summed E-state index contributed by atoms with van der Waals surface area (Å²) in [4.78, 5) is 10.9. The number of aromatic carboxylic acids is 1. The molecule has 0 aliphatic carbocycles. The smallest absolute Gasteiger partial charge is 0.336 e. The average Bonchev–Trinajstić information content (AvgIpc) is 2.01. The molecule has 0 radical (unpaired) electrons. The molecule has 0 aliphatic heterocycles. The Balaban J connectivity index is 3.52. The van der Waals surface area contributed by atoms with Crippen LogP contribution < -0.4 is 0 Å². The second kappa shape index (κ2) is 4.28. The van der Waals surface area contributed by atoms with Gasteiger partial charge in [-0.1, -0.05) is 38.4 Å². The molecule has 0 saturated heterocycles. The fourth-order valence-electron chi connectivity index (χ4n) is 1.18. The molecule has 1 rings (SSSR count). The second-order valence-electron chi connectivity index (χ2n) is 2.90. The highest BCUT2D eigenvalue weighted by Crippen LogP contribution is 2.30. The molecule has 74 valence electrons. The van der Waals surface area contributed by atoms with Crippen LogP contribution in [0.4, 0.5) is 0 Å². The number of benzene rings is 1. The number of rotatable bonds is 2. The highest BCUT2D eigenvalue weighted by atomic mass is 79.9. The van der Waals surface area contributed by atoms with Crippen LogP contribution in [-0.4, -0.2) is 11.1 Å². The number of halogens is 2. The van der Waals surface area contributed by atoms with Crippen LogP contribution in [0.25, 0.3) is 5.57 Å². The van der Waals surface area contributed by atoms with E-state index < -0.39 is 5.97 Å². The predicted octanol–water partition coefficient (Wildman–Crippen LogP) is 3.94. The Hall–Kier alpha value is -0.610. The first-order valence-corrected chi connectivity index (χ1v) is 5.40. The number of hydrogen-bond donors (Lipinski definition) is 1. The van der Waals surface area contributed by atoms with Crippen molar-refractivity contribution < 1.29 is 9.90 Å². The lowest BCUT2D eigenvalue weighted by Gasteiger charge is -2.08. The highest BCUT2D eigenvalue weighted by Gasteiger charge is 2.14. The van der Waals surface area contributed by atoms with Crippen LogP contribution in [0.5, 0.6) is 0 Å². The molecule has 14 heavy (non-hydrogen) atoms. The molecular weight excluding hydrogens is 312 g/mol. The third-order valence-corrected chi connectivity index (χ3v) is 2.80. The molecule has 0 aliphatic rings. The molecule has 0 unspecified atom stereocenters. The lowest BCUT2D eigenvalue weighted by Crippen LogP contribution is -2.02. The lowest BCUT2D eigenvalue weighted by atomic mass is 10.0. The van der Waals surface area contributed by atoms with Crippen molar-refractivity contribution in [2.45, 2.75) is 6.92 Å². The summed E-state index contributed by atoms with van der Waals surface area (Å²) in [5.41, 5.74) is 1.61. The zero-order valence-electron chi connectivity index (χ0n) is 7.47. The van der Waals surface area contributed by atoms with Gasteiger partial charge in [0.25, 0.3) is 0 Å². The Kier molecular flexibility index (Phi) is 3.50. The summed E-state index contributed by atoms with van der Waals surface area (Å²) in [5.74, 6) is -0.954. The molecule has 0 heterocycles. The van der Waals surface area contributed by atoms with E-state index in [2.05, 4.69) is 38.4 Å². The fourth-order valence-corrected chi connectivity index (χ4v) is 2.74. The third kappa shape index (κ3) is 2.25. The van der Waals surface area contributed by atoms with Crippen molar-refractivity contribution in [3.8, 4) is 0 Å². The van der Waals surface area contributed by atoms with Gasteiger partial charge in [0.1, 0.15) is 0 Å². The first-order chi connectivity index (χ1) is 6.43. The summed E-state index contributed by atoms with van der Waals surface area (Å²) in [6.45, 7) is 5.53. The van der Waals surface area contributed by atoms with Gasteiger partial charge >= 0.3 is 5.97 Å². The van der Waals surface area contributed by atoms with Crippen LogP contribution in [0.1, 0.15) is 22.8 Å². The Labute approximate surface area is 98.9 Å². The van der Waals surface area contributed by atoms with Gasteiger partial charge in [-0.25, -0.2) is 4.79 Å². The molecule has 0 aromatic heterocycles. The van der Waals surface area contributed by atoms with Crippen LogP contribution in [-0.2, 0) is 0 Å². The Morgan fingerprint density at radius 1 is 1.43 bits per heavy atom. The summed E-state index contributed by atoms with van der Waals surface area (Å²) >= 11 is 6.55.